The van der Waals surface area contributed by atoms with E-state index in [-0.39, 0.29) is 0 Å². The van der Waals surface area contributed by atoms with Crippen molar-refractivity contribution in [3.05, 3.63) is 6.42 Å². The van der Waals surface area contributed by atoms with Gasteiger partial charge in [-0.05, 0) is 6.42 Å². The zero-order valence-electron chi connectivity index (χ0n) is 11.4. The van der Waals surface area contributed by atoms with Crippen LogP contribution in [-0.4, -0.2) is 11.1 Å². The van der Waals surface area contributed by atoms with Gasteiger partial charge in [0.1, 0.15) is 0 Å². The van der Waals surface area contributed by atoms with E-state index in [9.17, 15) is 4.79 Å². The summed E-state index contributed by atoms with van der Waals surface area (Å²) >= 11 is 0. The molecule has 0 aliphatic rings. The zero-order valence-corrected chi connectivity index (χ0v) is 11.4. The molecule has 0 fully saturated rings. The van der Waals surface area contributed by atoms with Crippen molar-refractivity contribution in [3.63, 3.8) is 0 Å². The molecule has 0 saturated heterocycles. The van der Waals surface area contributed by atoms with Gasteiger partial charge in [0.25, 0.3) is 0 Å². The second kappa shape index (κ2) is 13.5. The highest BCUT2D eigenvalue weighted by Crippen LogP contribution is 2.12. The maximum Gasteiger partial charge on any atom is 0.307 e. The molecule has 0 spiro atoms. The highest BCUT2D eigenvalue weighted by Gasteiger charge is 1.97. The molecule has 2 heteroatoms. The maximum atomic E-state index is 10.2. The van der Waals surface area contributed by atoms with Gasteiger partial charge in [0.05, 0.1) is 6.42 Å². The Balaban J connectivity index is 2.91. The van der Waals surface area contributed by atoms with Crippen LogP contribution in [0.3, 0.4) is 0 Å². The van der Waals surface area contributed by atoms with Crippen LogP contribution in [0.1, 0.15) is 84.0 Å². The van der Waals surface area contributed by atoms with E-state index in [2.05, 4.69) is 6.92 Å². The lowest BCUT2D eigenvalue weighted by molar-refractivity contribution is -0.133. The number of hydrogen-bond acceptors (Lipinski definition) is 1. The highest BCUT2D eigenvalue weighted by molar-refractivity contribution is 5.76. The topological polar surface area (TPSA) is 37.3 Å². The average molecular weight is 241 g/mol. The maximum absolute atomic E-state index is 10.2. The van der Waals surface area contributed by atoms with Crippen LogP contribution in [0, 0.1) is 6.42 Å². The van der Waals surface area contributed by atoms with Gasteiger partial charge < -0.3 is 5.11 Å². The Morgan fingerprint density at radius 1 is 0.824 bits per heavy atom. The number of unbranched alkanes of at least 4 members (excludes halogenated alkanes) is 11. The van der Waals surface area contributed by atoms with E-state index in [1.54, 1.807) is 0 Å². The van der Waals surface area contributed by atoms with E-state index in [0.29, 0.717) is 0 Å². The Kier molecular flexibility index (Phi) is 13.1. The lowest BCUT2D eigenvalue weighted by Gasteiger charge is -2.02. The Labute approximate surface area is 107 Å². The van der Waals surface area contributed by atoms with Gasteiger partial charge in [-0.15, -0.1) is 0 Å². The van der Waals surface area contributed by atoms with Crippen LogP contribution < -0.4 is 0 Å². The summed E-state index contributed by atoms with van der Waals surface area (Å²) in [5.74, 6) is -0.780. The van der Waals surface area contributed by atoms with E-state index in [1.807, 2.05) is 0 Å². The third-order valence-electron chi connectivity index (χ3n) is 3.13. The van der Waals surface area contributed by atoms with Crippen molar-refractivity contribution in [2.45, 2.75) is 84.0 Å². The molecule has 17 heavy (non-hydrogen) atoms. The largest absolute Gasteiger partial charge is 0.481 e. The molecule has 2 nitrogen and oxygen atoms in total. The first-order chi connectivity index (χ1) is 8.27. The summed E-state index contributed by atoms with van der Waals surface area (Å²) in [5, 5.41) is 8.42. The van der Waals surface area contributed by atoms with Gasteiger partial charge in [-0.2, -0.15) is 0 Å². The smallest absolute Gasteiger partial charge is 0.307 e. The lowest BCUT2D eigenvalue weighted by atomic mass is 10.0. The normalized spacial score (nSPS) is 10.6. The Morgan fingerprint density at radius 3 is 1.65 bits per heavy atom. The van der Waals surface area contributed by atoms with Crippen molar-refractivity contribution in [1.82, 2.24) is 0 Å². The Morgan fingerprint density at radius 2 is 1.24 bits per heavy atom. The molecule has 0 bridgehead atoms. The quantitative estimate of drug-likeness (QED) is 0.462. The first kappa shape index (κ1) is 16.5. The summed E-state index contributed by atoms with van der Waals surface area (Å²) < 4.78 is 0. The van der Waals surface area contributed by atoms with Crippen LogP contribution in [0.15, 0.2) is 0 Å². The summed E-state index contributed by atoms with van der Waals surface area (Å²) in [6.07, 6.45) is 16.6. The van der Waals surface area contributed by atoms with Crippen molar-refractivity contribution in [2.75, 3.05) is 0 Å². The molecule has 0 unspecified atom stereocenters. The van der Waals surface area contributed by atoms with Gasteiger partial charge in [0.2, 0.25) is 0 Å². The second-order valence-electron chi connectivity index (χ2n) is 4.87. The molecule has 0 rings (SSSR count). The monoisotopic (exact) mass is 241 g/mol. The van der Waals surface area contributed by atoms with Crippen molar-refractivity contribution >= 4 is 5.97 Å². The fraction of sp³-hybridized carbons (Fsp3) is 0.867. The fourth-order valence-electron chi connectivity index (χ4n) is 2.03. The Bertz CT molecular complexity index is 166. The molecular weight excluding hydrogens is 212 g/mol. The molecule has 0 atom stereocenters. The number of aliphatic carboxylic acids is 1. The van der Waals surface area contributed by atoms with Crippen molar-refractivity contribution in [1.29, 1.82) is 0 Å². The second-order valence-corrected chi connectivity index (χ2v) is 4.87. The molecular formula is C15H29O2. The van der Waals surface area contributed by atoms with Crippen LogP contribution in [-0.2, 0) is 4.79 Å². The number of carboxylic acid groups (broad SMARTS) is 1. The summed E-state index contributed by atoms with van der Waals surface area (Å²) in [6.45, 7) is 2.25. The Hall–Kier alpha value is -0.530. The molecule has 0 aliphatic carbocycles. The SMILES string of the molecule is CCCCCCCCCCCCC[CH]C(=O)O. The average Bonchev–Trinajstić information content (AvgIpc) is 2.30. The van der Waals surface area contributed by atoms with E-state index < -0.39 is 5.97 Å². The minimum Gasteiger partial charge on any atom is -0.481 e. The van der Waals surface area contributed by atoms with E-state index in [4.69, 9.17) is 5.11 Å². The van der Waals surface area contributed by atoms with Crippen molar-refractivity contribution in [3.8, 4) is 0 Å². The third-order valence-corrected chi connectivity index (χ3v) is 3.13. The molecule has 0 saturated carbocycles. The standard InChI is InChI=1S/C15H29O2/c1-2-3-4-5-6-7-8-9-10-11-12-13-14-15(16)17/h14H,2-13H2,1H3,(H,16,17). The molecule has 1 N–H and O–H groups in total. The molecule has 1 radical (unpaired) electrons. The first-order valence-corrected chi connectivity index (χ1v) is 7.33. The van der Waals surface area contributed by atoms with Crippen LogP contribution in [0.4, 0.5) is 0 Å². The first-order valence-electron chi connectivity index (χ1n) is 7.33. The molecule has 101 valence electrons. The lowest BCUT2D eigenvalue weighted by Crippen LogP contribution is -1.94. The van der Waals surface area contributed by atoms with Crippen molar-refractivity contribution in [2.24, 2.45) is 0 Å². The predicted octanol–water partition coefficient (Wildman–Crippen LogP) is 4.98. The minimum absolute atomic E-state index is 0.729. The van der Waals surface area contributed by atoms with Gasteiger partial charge in [-0.1, -0.05) is 77.6 Å². The summed E-state index contributed by atoms with van der Waals surface area (Å²) in [7, 11) is 0. The van der Waals surface area contributed by atoms with Crippen molar-refractivity contribution < 1.29 is 9.90 Å². The predicted molar refractivity (Wildman–Crippen MR) is 73.0 cm³/mol. The summed E-state index contributed by atoms with van der Waals surface area (Å²) in [6, 6.07) is 0. The van der Waals surface area contributed by atoms with E-state index in [0.717, 1.165) is 12.8 Å². The zero-order chi connectivity index (χ0) is 12.8. The van der Waals surface area contributed by atoms with Gasteiger partial charge in [0.15, 0.2) is 0 Å². The molecule has 0 heterocycles. The fourth-order valence-corrected chi connectivity index (χ4v) is 2.03. The summed E-state index contributed by atoms with van der Waals surface area (Å²) in [4.78, 5) is 10.2. The van der Waals surface area contributed by atoms with Crippen LogP contribution in [0.2, 0.25) is 0 Å². The van der Waals surface area contributed by atoms with E-state index in [1.165, 1.54) is 70.6 Å². The molecule has 0 amide bonds. The number of carboxylic acids is 1. The minimum atomic E-state index is -0.780. The molecule has 0 aromatic carbocycles. The van der Waals surface area contributed by atoms with Gasteiger partial charge in [0, 0.05) is 0 Å². The van der Waals surface area contributed by atoms with Crippen LogP contribution >= 0.6 is 0 Å². The number of carbonyl (C=O) groups is 1. The highest BCUT2D eigenvalue weighted by atomic mass is 16.4. The van der Waals surface area contributed by atoms with Gasteiger partial charge in [-0.25, -0.2) is 0 Å². The van der Waals surface area contributed by atoms with Crippen LogP contribution in [0.5, 0.6) is 0 Å². The van der Waals surface area contributed by atoms with Crippen LogP contribution in [0.25, 0.3) is 0 Å². The number of hydrogen-bond donors (Lipinski definition) is 1. The molecule has 0 aromatic heterocycles. The summed E-state index contributed by atoms with van der Waals surface area (Å²) in [5.41, 5.74) is 0. The van der Waals surface area contributed by atoms with E-state index >= 15 is 0 Å². The third kappa shape index (κ3) is 15.5. The molecule has 0 aliphatic heterocycles. The molecule has 0 aromatic rings. The number of rotatable bonds is 13. The van der Waals surface area contributed by atoms with Gasteiger partial charge >= 0.3 is 5.97 Å². The van der Waals surface area contributed by atoms with Gasteiger partial charge in [-0.3, -0.25) is 4.79 Å².